The van der Waals surface area contributed by atoms with Crippen molar-refractivity contribution in [3.63, 3.8) is 0 Å². The summed E-state index contributed by atoms with van der Waals surface area (Å²) in [6.07, 6.45) is 2.05. The maximum atomic E-state index is 6.31. The van der Waals surface area contributed by atoms with E-state index in [9.17, 15) is 0 Å². The topological polar surface area (TPSA) is 50.7 Å². The molecule has 0 bridgehead atoms. The second kappa shape index (κ2) is 6.31. The largest absolute Gasteiger partial charge is 0.307 e. The second-order valence-electron chi connectivity index (χ2n) is 5.65. The van der Waals surface area contributed by atoms with E-state index >= 15 is 0 Å². The smallest absolute Gasteiger partial charge is 0.190 e. The lowest BCUT2D eigenvalue weighted by Crippen LogP contribution is -1.87. The van der Waals surface area contributed by atoms with Gasteiger partial charge in [-0.05, 0) is 36.9 Å². The molecule has 9 heteroatoms. The van der Waals surface area contributed by atoms with E-state index in [0.717, 1.165) is 51.1 Å². The third-order valence-corrected chi connectivity index (χ3v) is 8.62. The van der Waals surface area contributed by atoms with Gasteiger partial charge < -0.3 is 5.32 Å². The number of fused-ring (bicyclic) bond motifs is 4. The molecule has 0 saturated carbocycles. The summed E-state index contributed by atoms with van der Waals surface area (Å²) in [4.78, 5) is 14.1. The number of hydrogen-bond acceptors (Lipinski definition) is 8. The molecule has 3 aromatic heterocycles. The van der Waals surface area contributed by atoms with Gasteiger partial charge in [-0.25, -0.2) is 15.0 Å². The Balaban J connectivity index is 1.59. The summed E-state index contributed by atoms with van der Waals surface area (Å²) < 4.78 is 4.44. The molecular weight excluding hydrogens is 424 g/mol. The molecular formula is C17H11ClN4S4. The summed E-state index contributed by atoms with van der Waals surface area (Å²) >= 11 is 12.9. The van der Waals surface area contributed by atoms with Crippen LogP contribution in [0.5, 0.6) is 0 Å². The molecule has 0 amide bonds. The Morgan fingerprint density at radius 1 is 0.885 bits per heavy atom. The van der Waals surface area contributed by atoms with E-state index in [2.05, 4.69) is 16.6 Å². The van der Waals surface area contributed by atoms with Gasteiger partial charge >= 0.3 is 0 Å². The molecule has 4 nitrogen and oxygen atoms in total. The Kier molecular flexibility index (Phi) is 4.06. The van der Waals surface area contributed by atoms with Crippen molar-refractivity contribution in [1.29, 1.82) is 0 Å². The number of benzene rings is 2. The predicted octanol–water partition coefficient (Wildman–Crippen LogP) is 6.94. The van der Waals surface area contributed by atoms with Crippen LogP contribution >= 0.6 is 57.4 Å². The molecule has 0 aliphatic heterocycles. The van der Waals surface area contributed by atoms with Crippen molar-refractivity contribution >= 4 is 98.3 Å². The molecule has 130 valence electrons. The quantitative estimate of drug-likeness (QED) is 0.311. The summed E-state index contributed by atoms with van der Waals surface area (Å²) in [5, 5.41) is 5.73. The van der Waals surface area contributed by atoms with E-state index in [1.54, 1.807) is 45.8 Å². The number of aryl methyl sites for hydroxylation is 1. The third kappa shape index (κ3) is 2.68. The van der Waals surface area contributed by atoms with Gasteiger partial charge in [-0.15, -0.1) is 11.3 Å². The molecule has 0 radical (unpaired) electrons. The van der Waals surface area contributed by atoms with Crippen molar-refractivity contribution in [3.05, 3.63) is 34.9 Å². The lowest BCUT2D eigenvalue weighted by Gasteiger charge is -1.94. The number of anilines is 2. The minimum absolute atomic E-state index is 0.733. The van der Waals surface area contributed by atoms with Gasteiger partial charge in [0, 0.05) is 0 Å². The van der Waals surface area contributed by atoms with Gasteiger partial charge in [-0.3, -0.25) is 0 Å². The Hall–Kier alpha value is -1.45. The first-order valence-corrected chi connectivity index (χ1v) is 11.7. The van der Waals surface area contributed by atoms with E-state index in [4.69, 9.17) is 21.6 Å². The lowest BCUT2D eigenvalue weighted by molar-refractivity contribution is 1.31. The van der Waals surface area contributed by atoms with E-state index in [1.807, 2.05) is 31.2 Å². The van der Waals surface area contributed by atoms with E-state index < -0.39 is 0 Å². The van der Waals surface area contributed by atoms with E-state index in [-0.39, 0.29) is 0 Å². The SMILES string of the molecule is CSc1nc2ccc3nc(Nc4nc5c(C)ccc(Cl)c5s4)sc3c2s1. The Labute approximate surface area is 170 Å². The van der Waals surface area contributed by atoms with Crippen molar-refractivity contribution in [1.82, 2.24) is 15.0 Å². The minimum atomic E-state index is 0.733. The van der Waals surface area contributed by atoms with Crippen LogP contribution in [0.2, 0.25) is 5.02 Å². The van der Waals surface area contributed by atoms with Crippen LogP contribution in [0.4, 0.5) is 10.3 Å². The molecule has 3 heterocycles. The number of aromatic nitrogens is 3. The number of halogens is 1. The Morgan fingerprint density at radius 3 is 2.35 bits per heavy atom. The molecule has 5 aromatic rings. The average molecular weight is 435 g/mol. The highest BCUT2D eigenvalue weighted by Gasteiger charge is 2.14. The van der Waals surface area contributed by atoms with Crippen LogP contribution in [0, 0.1) is 6.92 Å². The standard InChI is InChI=1S/C17H11ClN4S4/c1-7-3-4-8(18)12-11(7)21-16(24-12)22-15-19-9-5-6-10-14(13(9)25-15)26-17(20-10)23-2/h3-6H,1-2H3,(H,19,21,22). The molecule has 2 aromatic carbocycles. The minimum Gasteiger partial charge on any atom is -0.307 e. The van der Waals surface area contributed by atoms with Crippen molar-refractivity contribution in [2.24, 2.45) is 0 Å². The van der Waals surface area contributed by atoms with Gasteiger partial charge in [0.2, 0.25) is 0 Å². The fourth-order valence-electron chi connectivity index (χ4n) is 2.74. The van der Waals surface area contributed by atoms with Crippen LogP contribution in [0.15, 0.2) is 28.6 Å². The monoisotopic (exact) mass is 434 g/mol. The van der Waals surface area contributed by atoms with Gasteiger partial charge in [0.05, 0.1) is 35.7 Å². The van der Waals surface area contributed by atoms with Crippen molar-refractivity contribution < 1.29 is 0 Å². The van der Waals surface area contributed by atoms with Crippen molar-refractivity contribution in [2.75, 3.05) is 11.6 Å². The van der Waals surface area contributed by atoms with Crippen LogP contribution in [0.1, 0.15) is 5.56 Å². The highest BCUT2D eigenvalue weighted by Crippen LogP contribution is 2.40. The van der Waals surface area contributed by atoms with Gasteiger partial charge in [-0.1, -0.05) is 52.1 Å². The van der Waals surface area contributed by atoms with Crippen LogP contribution in [0.3, 0.4) is 0 Å². The molecule has 0 aliphatic rings. The van der Waals surface area contributed by atoms with Crippen molar-refractivity contribution in [3.8, 4) is 0 Å². The first-order chi connectivity index (χ1) is 12.6. The lowest BCUT2D eigenvalue weighted by atomic mass is 10.2. The number of rotatable bonds is 3. The number of nitrogens with zero attached hydrogens (tertiary/aromatic N) is 3. The molecule has 0 saturated heterocycles. The maximum Gasteiger partial charge on any atom is 0.190 e. The van der Waals surface area contributed by atoms with Crippen LogP contribution in [0.25, 0.3) is 30.6 Å². The fraction of sp³-hybridized carbons (Fsp3) is 0.118. The fourth-order valence-corrected chi connectivity index (χ4v) is 6.68. The molecule has 0 spiro atoms. The van der Waals surface area contributed by atoms with E-state index in [0.29, 0.717) is 0 Å². The molecule has 0 unspecified atom stereocenters. The predicted molar refractivity (Wildman–Crippen MR) is 117 cm³/mol. The zero-order valence-electron chi connectivity index (χ0n) is 13.7. The first kappa shape index (κ1) is 16.7. The Morgan fingerprint density at radius 2 is 1.58 bits per heavy atom. The highest BCUT2D eigenvalue weighted by atomic mass is 35.5. The molecule has 0 fully saturated rings. The summed E-state index contributed by atoms with van der Waals surface area (Å²) in [6.45, 7) is 2.05. The zero-order chi connectivity index (χ0) is 17.8. The van der Waals surface area contributed by atoms with Gasteiger partial charge in [-0.2, -0.15) is 0 Å². The molecule has 26 heavy (non-hydrogen) atoms. The number of nitrogens with one attached hydrogen (secondary N) is 1. The van der Waals surface area contributed by atoms with Crippen LogP contribution < -0.4 is 5.32 Å². The normalized spacial score (nSPS) is 11.8. The summed E-state index contributed by atoms with van der Waals surface area (Å²) in [5.41, 5.74) is 4.08. The Bertz CT molecular complexity index is 1250. The summed E-state index contributed by atoms with van der Waals surface area (Å²) in [7, 11) is 0. The molecule has 0 aliphatic carbocycles. The maximum absolute atomic E-state index is 6.31. The molecule has 1 N–H and O–H groups in total. The average Bonchev–Trinajstić information content (AvgIpc) is 3.33. The van der Waals surface area contributed by atoms with Gasteiger partial charge in [0.1, 0.15) is 0 Å². The zero-order valence-corrected chi connectivity index (χ0v) is 17.7. The first-order valence-electron chi connectivity index (χ1n) is 7.69. The molecule has 0 atom stereocenters. The summed E-state index contributed by atoms with van der Waals surface area (Å²) in [6, 6.07) is 7.99. The van der Waals surface area contributed by atoms with Gasteiger partial charge in [0.15, 0.2) is 14.6 Å². The number of hydrogen-bond donors (Lipinski definition) is 1. The number of thiazole rings is 3. The number of thioether (sulfide) groups is 1. The summed E-state index contributed by atoms with van der Waals surface area (Å²) in [5.74, 6) is 0. The second-order valence-corrected chi connectivity index (χ2v) is 10.1. The van der Waals surface area contributed by atoms with Crippen molar-refractivity contribution in [2.45, 2.75) is 11.3 Å². The highest BCUT2D eigenvalue weighted by molar-refractivity contribution is 8.00. The third-order valence-electron chi connectivity index (χ3n) is 3.98. The van der Waals surface area contributed by atoms with Gasteiger partial charge in [0.25, 0.3) is 0 Å². The molecule has 5 rings (SSSR count). The van der Waals surface area contributed by atoms with Crippen LogP contribution in [-0.2, 0) is 0 Å². The van der Waals surface area contributed by atoms with Crippen LogP contribution in [-0.4, -0.2) is 21.2 Å². The van der Waals surface area contributed by atoms with E-state index in [1.165, 1.54) is 4.70 Å².